The molecule has 0 atom stereocenters. The fourth-order valence-electron chi connectivity index (χ4n) is 0.690. The Morgan fingerprint density at radius 2 is 1.83 bits per heavy atom. The molecule has 0 N–H and O–H groups in total. The van der Waals surface area contributed by atoms with Gasteiger partial charge < -0.3 is 9.64 Å². The molecule has 0 heterocycles. The van der Waals surface area contributed by atoms with Crippen molar-refractivity contribution in [3.63, 3.8) is 0 Å². The van der Waals surface area contributed by atoms with Gasteiger partial charge in [-0.05, 0) is 19.9 Å². The molecule has 0 spiro atoms. The third kappa shape index (κ3) is 3.28. The third-order valence-electron chi connectivity index (χ3n) is 1.73. The van der Waals surface area contributed by atoms with Crippen molar-refractivity contribution in [1.82, 2.24) is 4.90 Å². The van der Waals surface area contributed by atoms with Crippen LogP contribution < -0.4 is 0 Å². The van der Waals surface area contributed by atoms with Crippen LogP contribution >= 0.6 is 0 Å². The molecule has 68 valence electrons. The SMILES string of the molecule is C=C(/C=C(\C)N(C)C(=C)C)OC. The summed E-state index contributed by atoms with van der Waals surface area (Å²) >= 11 is 0. The van der Waals surface area contributed by atoms with Crippen molar-refractivity contribution < 1.29 is 4.74 Å². The molecule has 0 aliphatic rings. The van der Waals surface area contributed by atoms with Gasteiger partial charge in [0.1, 0.15) is 5.76 Å². The van der Waals surface area contributed by atoms with Crippen molar-refractivity contribution in [2.45, 2.75) is 13.8 Å². The summed E-state index contributed by atoms with van der Waals surface area (Å²) < 4.78 is 4.92. The summed E-state index contributed by atoms with van der Waals surface area (Å²) in [5, 5.41) is 0. The number of methoxy groups -OCH3 is 1. The highest BCUT2D eigenvalue weighted by Crippen LogP contribution is 2.09. The minimum Gasteiger partial charge on any atom is -0.497 e. The van der Waals surface area contributed by atoms with Gasteiger partial charge in [-0.1, -0.05) is 13.2 Å². The van der Waals surface area contributed by atoms with E-state index in [9.17, 15) is 0 Å². The second-order valence-corrected chi connectivity index (χ2v) is 2.75. The van der Waals surface area contributed by atoms with Crippen LogP contribution in [0.5, 0.6) is 0 Å². The summed E-state index contributed by atoms with van der Waals surface area (Å²) in [5.41, 5.74) is 2.06. The van der Waals surface area contributed by atoms with Gasteiger partial charge in [-0.3, -0.25) is 0 Å². The van der Waals surface area contributed by atoms with Crippen molar-refractivity contribution in [1.29, 1.82) is 0 Å². The standard InChI is InChI=1S/C10H17NO/c1-8(2)11(5)9(3)7-10(4)12-6/h7H,1,4H2,2-3,5-6H3/b9-7+. The lowest BCUT2D eigenvalue weighted by atomic mass is 10.3. The minimum atomic E-state index is 0.653. The summed E-state index contributed by atoms with van der Waals surface area (Å²) in [7, 11) is 3.56. The molecule has 2 nitrogen and oxygen atoms in total. The van der Waals surface area contributed by atoms with Gasteiger partial charge in [-0.2, -0.15) is 0 Å². The van der Waals surface area contributed by atoms with Crippen LogP contribution in [-0.4, -0.2) is 19.1 Å². The van der Waals surface area contributed by atoms with Gasteiger partial charge in [0.25, 0.3) is 0 Å². The third-order valence-corrected chi connectivity index (χ3v) is 1.73. The number of hydrogen-bond acceptors (Lipinski definition) is 2. The highest BCUT2D eigenvalue weighted by Gasteiger charge is 1.98. The lowest BCUT2D eigenvalue weighted by Crippen LogP contribution is -2.12. The van der Waals surface area contributed by atoms with Crippen LogP contribution in [0, 0.1) is 0 Å². The number of rotatable bonds is 4. The molecule has 0 aromatic carbocycles. The molecule has 0 saturated carbocycles. The monoisotopic (exact) mass is 167 g/mol. The van der Waals surface area contributed by atoms with Crippen LogP contribution in [0.15, 0.2) is 36.4 Å². The summed E-state index contributed by atoms with van der Waals surface area (Å²) in [6, 6.07) is 0. The first-order chi connectivity index (χ1) is 5.49. The van der Waals surface area contributed by atoms with Gasteiger partial charge in [-0.15, -0.1) is 0 Å². The molecule has 0 aromatic heterocycles. The van der Waals surface area contributed by atoms with Crippen LogP contribution in [0.4, 0.5) is 0 Å². The minimum absolute atomic E-state index is 0.653. The van der Waals surface area contributed by atoms with Crippen LogP contribution in [-0.2, 0) is 4.74 Å². The lowest BCUT2D eigenvalue weighted by Gasteiger charge is -2.19. The molecule has 0 rings (SSSR count). The van der Waals surface area contributed by atoms with E-state index in [0.29, 0.717) is 5.76 Å². The van der Waals surface area contributed by atoms with Crippen molar-refractivity contribution in [2.24, 2.45) is 0 Å². The molecule has 0 unspecified atom stereocenters. The summed E-state index contributed by atoms with van der Waals surface area (Å²) in [6.45, 7) is 11.5. The average molecular weight is 167 g/mol. The maximum Gasteiger partial charge on any atom is 0.113 e. The maximum absolute atomic E-state index is 4.92. The molecule has 12 heavy (non-hydrogen) atoms. The Hall–Kier alpha value is -1.18. The number of hydrogen-bond donors (Lipinski definition) is 0. The molecular weight excluding hydrogens is 150 g/mol. The Balaban J connectivity index is 4.36. The zero-order chi connectivity index (χ0) is 9.72. The van der Waals surface area contributed by atoms with E-state index in [1.54, 1.807) is 7.11 Å². The molecule has 0 fully saturated rings. The smallest absolute Gasteiger partial charge is 0.113 e. The Morgan fingerprint density at radius 1 is 1.33 bits per heavy atom. The van der Waals surface area contributed by atoms with Gasteiger partial charge in [-0.25, -0.2) is 0 Å². The van der Waals surface area contributed by atoms with E-state index < -0.39 is 0 Å². The normalized spacial score (nSPS) is 10.8. The second kappa shape index (κ2) is 4.65. The Morgan fingerprint density at radius 3 is 2.17 bits per heavy atom. The molecule has 0 aliphatic carbocycles. The van der Waals surface area contributed by atoms with E-state index in [-0.39, 0.29) is 0 Å². The van der Waals surface area contributed by atoms with Crippen LogP contribution in [0.3, 0.4) is 0 Å². The summed E-state index contributed by atoms with van der Waals surface area (Å²) in [4.78, 5) is 1.98. The summed E-state index contributed by atoms with van der Waals surface area (Å²) in [5.74, 6) is 0.653. The Bertz CT molecular complexity index is 216. The zero-order valence-corrected chi connectivity index (χ0v) is 8.35. The molecule has 2 heteroatoms. The Labute approximate surface area is 74.8 Å². The van der Waals surface area contributed by atoms with Crippen molar-refractivity contribution >= 4 is 0 Å². The molecule has 0 amide bonds. The predicted octanol–water partition coefficient (Wildman–Crippen LogP) is 2.52. The van der Waals surface area contributed by atoms with E-state index in [1.165, 1.54) is 0 Å². The molecule has 0 aliphatic heterocycles. The second-order valence-electron chi connectivity index (χ2n) is 2.75. The first-order valence-corrected chi connectivity index (χ1v) is 3.79. The molecular formula is C10H17NO. The fourth-order valence-corrected chi connectivity index (χ4v) is 0.690. The van der Waals surface area contributed by atoms with E-state index in [1.807, 2.05) is 31.9 Å². The lowest BCUT2D eigenvalue weighted by molar-refractivity contribution is 0.306. The summed E-state index contributed by atoms with van der Waals surface area (Å²) in [6.07, 6.45) is 1.87. The Kier molecular flexibility index (Phi) is 4.19. The number of nitrogens with zero attached hydrogens (tertiary/aromatic N) is 1. The van der Waals surface area contributed by atoms with E-state index in [0.717, 1.165) is 11.4 Å². The van der Waals surface area contributed by atoms with Gasteiger partial charge in [0.15, 0.2) is 0 Å². The zero-order valence-electron chi connectivity index (χ0n) is 8.35. The van der Waals surface area contributed by atoms with Crippen molar-refractivity contribution in [2.75, 3.05) is 14.2 Å². The first-order valence-electron chi connectivity index (χ1n) is 3.79. The predicted molar refractivity (Wildman–Crippen MR) is 52.5 cm³/mol. The molecule has 0 radical (unpaired) electrons. The highest BCUT2D eigenvalue weighted by molar-refractivity contribution is 5.16. The highest BCUT2D eigenvalue weighted by atomic mass is 16.5. The maximum atomic E-state index is 4.92. The quantitative estimate of drug-likeness (QED) is 0.471. The van der Waals surface area contributed by atoms with E-state index in [2.05, 4.69) is 13.2 Å². The van der Waals surface area contributed by atoms with Gasteiger partial charge >= 0.3 is 0 Å². The van der Waals surface area contributed by atoms with Crippen LogP contribution in [0.25, 0.3) is 0 Å². The first kappa shape index (κ1) is 10.8. The van der Waals surface area contributed by atoms with Crippen LogP contribution in [0.2, 0.25) is 0 Å². The van der Waals surface area contributed by atoms with Crippen molar-refractivity contribution in [3.05, 3.63) is 36.4 Å². The van der Waals surface area contributed by atoms with Gasteiger partial charge in [0.05, 0.1) is 7.11 Å². The van der Waals surface area contributed by atoms with Crippen molar-refractivity contribution in [3.8, 4) is 0 Å². The fraction of sp³-hybridized carbons (Fsp3) is 0.400. The number of allylic oxidation sites excluding steroid dienone is 3. The van der Waals surface area contributed by atoms with Gasteiger partial charge in [0.2, 0.25) is 0 Å². The molecule has 0 aromatic rings. The molecule has 0 bridgehead atoms. The van der Waals surface area contributed by atoms with E-state index in [4.69, 9.17) is 4.74 Å². The van der Waals surface area contributed by atoms with E-state index >= 15 is 0 Å². The topological polar surface area (TPSA) is 12.5 Å². The van der Waals surface area contributed by atoms with Crippen LogP contribution in [0.1, 0.15) is 13.8 Å². The van der Waals surface area contributed by atoms with Gasteiger partial charge in [0, 0.05) is 18.4 Å². The molecule has 0 saturated heterocycles. The largest absolute Gasteiger partial charge is 0.497 e. The number of ether oxygens (including phenoxy) is 1. The average Bonchev–Trinajstić information content (AvgIpc) is 2.02.